The Balaban J connectivity index is 1.87. The summed E-state index contributed by atoms with van der Waals surface area (Å²) in [5, 5.41) is 10.1. The molecular weight excluding hydrogens is 260 g/mol. The second-order valence-electron chi connectivity index (χ2n) is 5.13. The molecule has 19 heavy (non-hydrogen) atoms. The summed E-state index contributed by atoms with van der Waals surface area (Å²) < 4.78 is 2.24. The van der Waals surface area contributed by atoms with Gasteiger partial charge in [0.2, 0.25) is 0 Å². The smallest absolute Gasteiger partial charge is 0.113 e. The van der Waals surface area contributed by atoms with Gasteiger partial charge in [-0.1, -0.05) is 29.8 Å². The number of aliphatic hydroxyl groups is 1. The van der Waals surface area contributed by atoms with E-state index in [1.165, 1.54) is 5.69 Å². The topological polar surface area (TPSA) is 38.1 Å². The Hall–Kier alpha value is -1.32. The summed E-state index contributed by atoms with van der Waals surface area (Å²) in [6.07, 6.45) is 4.76. The molecule has 1 aliphatic heterocycles. The number of aliphatic hydroxyl groups excluding tert-OH is 1. The van der Waals surface area contributed by atoms with E-state index in [0.29, 0.717) is 5.92 Å². The van der Waals surface area contributed by atoms with Gasteiger partial charge in [-0.25, -0.2) is 4.98 Å². The van der Waals surface area contributed by atoms with Crippen LogP contribution in [0.1, 0.15) is 23.5 Å². The summed E-state index contributed by atoms with van der Waals surface area (Å²) in [6, 6.07) is 7.89. The Bertz CT molecular complexity index is 579. The monoisotopic (exact) mass is 276 g/mol. The molecule has 3 rings (SSSR count). The number of aryl methyl sites for hydroxylation is 1. The highest BCUT2D eigenvalue weighted by Crippen LogP contribution is 2.24. The van der Waals surface area contributed by atoms with Crippen LogP contribution >= 0.6 is 11.6 Å². The van der Waals surface area contributed by atoms with E-state index in [0.717, 1.165) is 42.2 Å². The second kappa shape index (κ2) is 5.35. The van der Waals surface area contributed by atoms with E-state index in [1.807, 2.05) is 30.5 Å². The third-order valence-corrected chi connectivity index (χ3v) is 4.20. The number of hydrogen-bond donors (Lipinski definition) is 1. The van der Waals surface area contributed by atoms with E-state index in [9.17, 15) is 5.11 Å². The van der Waals surface area contributed by atoms with E-state index in [1.54, 1.807) is 0 Å². The highest BCUT2D eigenvalue weighted by atomic mass is 35.5. The van der Waals surface area contributed by atoms with Gasteiger partial charge in [0, 0.05) is 42.4 Å². The van der Waals surface area contributed by atoms with Gasteiger partial charge in [-0.15, -0.1) is 0 Å². The van der Waals surface area contributed by atoms with Gasteiger partial charge < -0.3 is 9.67 Å². The molecule has 0 bridgehead atoms. The minimum atomic E-state index is 0.253. The van der Waals surface area contributed by atoms with E-state index in [4.69, 9.17) is 11.6 Å². The van der Waals surface area contributed by atoms with Crippen molar-refractivity contribution in [2.75, 3.05) is 6.61 Å². The van der Waals surface area contributed by atoms with Crippen LogP contribution in [0.15, 0.2) is 30.5 Å². The molecule has 0 radical (unpaired) electrons. The first kappa shape index (κ1) is 12.7. The number of imidazole rings is 1. The van der Waals surface area contributed by atoms with Crippen molar-refractivity contribution in [3.8, 4) is 0 Å². The maximum absolute atomic E-state index is 9.32. The van der Waals surface area contributed by atoms with Gasteiger partial charge in [-0.05, 0) is 24.5 Å². The first-order valence-corrected chi connectivity index (χ1v) is 7.03. The van der Waals surface area contributed by atoms with Crippen LogP contribution in [-0.4, -0.2) is 21.3 Å². The summed E-state index contributed by atoms with van der Waals surface area (Å²) in [5.74, 6) is 1.40. The van der Waals surface area contributed by atoms with E-state index in [-0.39, 0.29) is 6.61 Å². The molecular formula is C15H17ClN2O. The maximum Gasteiger partial charge on any atom is 0.113 e. The van der Waals surface area contributed by atoms with E-state index in [2.05, 4.69) is 9.55 Å². The molecule has 1 N–H and O–H groups in total. The van der Waals surface area contributed by atoms with Crippen molar-refractivity contribution in [3.63, 3.8) is 0 Å². The van der Waals surface area contributed by atoms with Crippen molar-refractivity contribution in [1.29, 1.82) is 0 Å². The van der Waals surface area contributed by atoms with Crippen molar-refractivity contribution in [1.82, 2.24) is 9.55 Å². The molecule has 1 unspecified atom stereocenters. The van der Waals surface area contributed by atoms with Crippen molar-refractivity contribution in [2.24, 2.45) is 5.92 Å². The van der Waals surface area contributed by atoms with Crippen molar-refractivity contribution < 1.29 is 5.11 Å². The van der Waals surface area contributed by atoms with Crippen LogP contribution < -0.4 is 0 Å². The largest absolute Gasteiger partial charge is 0.396 e. The molecule has 1 aliphatic rings. The standard InChI is InChI=1S/C15H17ClN2O/c16-14-4-2-1-3-12(14)7-15-17-8-13-6-5-11(10-19)9-18(13)15/h1-4,8,11,19H,5-7,9-10H2. The number of halogens is 1. The van der Waals surface area contributed by atoms with Crippen molar-refractivity contribution >= 4 is 11.6 Å². The van der Waals surface area contributed by atoms with Crippen molar-refractivity contribution in [3.05, 3.63) is 52.6 Å². The third-order valence-electron chi connectivity index (χ3n) is 3.83. The Labute approximate surface area is 117 Å². The lowest BCUT2D eigenvalue weighted by atomic mass is 9.99. The zero-order valence-electron chi connectivity index (χ0n) is 10.7. The van der Waals surface area contributed by atoms with E-state index >= 15 is 0 Å². The second-order valence-corrected chi connectivity index (χ2v) is 5.54. The molecule has 1 aromatic heterocycles. The molecule has 0 saturated carbocycles. The summed E-state index contributed by atoms with van der Waals surface area (Å²) in [6.45, 7) is 1.12. The first-order chi connectivity index (χ1) is 9.28. The minimum absolute atomic E-state index is 0.253. The molecule has 3 nitrogen and oxygen atoms in total. The fourth-order valence-electron chi connectivity index (χ4n) is 2.68. The lowest BCUT2D eigenvalue weighted by molar-refractivity contribution is 0.190. The molecule has 0 fully saturated rings. The number of aromatic nitrogens is 2. The average molecular weight is 277 g/mol. The lowest BCUT2D eigenvalue weighted by Crippen LogP contribution is -2.24. The summed E-state index contributed by atoms with van der Waals surface area (Å²) >= 11 is 6.20. The summed E-state index contributed by atoms with van der Waals surface area (Å²) in [7, 11) is 0. The SMILES string of the molecule is OCC1CCc2cnc(Cc3ccccc3Cl)n2C1. The molecule has 2 heterocycles. The average Bonchev–Trinajstić information content (AvgIpc) is 2.84. The molecule has 1 atom stereocenters. The quantitative estimate of drug-likeness (QED) is 0.936. The van der Waals surface area contributed by atoms with E-state index < -0.39 is 0 Å². The Kier molecular flexibility index (Phi) is 3.58. The van der Waals surface area contributed by atoms with Gasteiger partial charge in [0.1, 0.15) is 5.82 Å². The van der Waals surface area contributed by atoms with Crippen LogP contribution in [0.25, 0.3) is 0 Å². The molecule has 0 saturated heterocycles. The molecule has 2 aromatic rings. The predicted molar refractivity (Wildman–Crippen MR) is 75.4 cm³/mol. The zero-order chi connectivity index (χ0) is 13.2. The van der Waals surface area contributed by atoms with Gasteiger partial charge in [0.05, 0.1) is 0 Å². The molecule has 0 aliphatic carbocycles. The maximum atomic E-state index is 9.32. The van der Waals surface area contributed by atoms with Crippen molar-refractivity contribution in [2.45, 2.75) is 25.8 Å². The number of nitrogens with zero attached hydrogens (tertiary/aromatic N) is 2. The van der Waals surface area contributed by atoms with Crippen LogP contribution in [0.3, 0.4) is 0 Å². The van der Waals surface area contributed by atoms with Crippen LogP contribution in [0.4, 0.5) is 0 Å². The fourth-order valence-corrected chi connectivity index (χ4v) is 2.88. The normalized spacial score (nSPS) is 18.3. The Morgan fingerprint density at radius 3 is 3.00 bits per heavy atom. The number of rotatable bonds is 3. The first-order valence-electron chi connectivity index (χ1n) is 6.65. The Morgan fingerprint density at radius 1 is 1.37 bits per heavy atom. The van der Waals surface area contributed by atoms with Crippen LogP contribution in [0.2, 0.25) is 5.02 Å². The van der Waals surface area contributed by atoms with Crippen LogP contribution in [0.5, 0.6) is 0 Å². The number of hydrogen-bond acceptors (Lipinski definition) is 2. The zero-order valence-corrected chi connectivity index (χ0v) is 11.5. The predicted octanol–water partition coefficient (Wildman–Crippen LogP) is 2.68. The van der Waals surface area contributed by atoms with Gasteiger partial charge >= 0.3 is 0 Å². The third kappa shape index (κ3) is 2.53. The minimum Gasteiger partial charge on any atom is -0.396 e. The molecule has 0 amide bonds. The molecule has 1 aromatic carbocycles. The molecule has 100 valence electrons. The number of benzene rings is 1. The van der Waals surface area contributed by atoms with Crippen LogP contribution in [-0.2, 0) is 19.4 Å². The number of fused-ring (bicyclic) bond motifs is 1. The van der Waals surface area contributed by atoms with Gasteiger partial charge in [0.15, 0.2) is 0 Å². The fraction of sp³-hybridized carbons (Fsp3) is 0.400. The van der Waals surface area contributed by atoms with Gasteiger partial charge in [0.25, 0.3) is 0 Å². The summed E-state index contributed by atoms with van der Waals surface area (Å²) in [4.78, 5) is 4.53. The van der Waals surface area contributed by atoms with Gasteiger partial charge in [-0.3, -0.25) is 0 Å². The molecule has 4 heteroatoms. The molecule has 0 spiro atoms. The Morgan fingerprint density at radius 2 is 2.21 bits per heavy atom. The highest BCUT2D eigenvalue weighted by molar-refractivity contribution is 6.31. The summed E-state index contributed by atoms with van der Waals surface area (Å²) in [5.41, 5.74) is 2.37. The lowest BCUT2D eigenvalue weighted by Gasteiger charge is -2.24. The van der Waals surface area contributed by atoms with Crippen LogP contribution in [0, 0.1) is 5.92 Å². The highest BCUT2D eigenvalue weighted by Gasteiger charge is 2.21. The van der Waals surface area contributed by atoms with Gasteiger partial charge in [-0.2, -0.15) is 0 Å².